The highest BCUT2D eigenvalue weighted by Gasteiger charge is 2.10. The number of rotatable bonds is 6. The second-order valence-electron chi connectivity index (χ2n) is 4.64. The van der Waals surface area contributed by atoms with Crippen LogP contribution in [0.5, 0.6) is 5.75 Å². The monoisotopic (exact) mass is 413 g/mol. The number of ether oxygens (including phenoxy) is 1. The topological polar surface area (TPSA) is 59.6 Å². The number of hydrogen-bond donors (Lipinski definition) is 2. The number of aliphatic imine (C=N–C) groups is 1. The standard InChI is InChI=1S/C14H21F2N3O.HI/c1-4-10(3)19-14(17)18-8-11-7-9(2)5-6-12(11)20-13(15)16;/h5-7,10,13H,4,8H2,1-3H3,(H3,17,18,19);1H. The molecule has 0 bridgehead atoms. The molecule has 4 nitrogen and oxygen atoms in total. The summed E-state index contributed by atoms with van der Waals surface area (Å²) in [5.41, 5.74) is 7.27. The Kier molecular flexibility index (Phi) is 9.23. The van der Waals surface area contributed by atoms with E-state index in [4.69, 9.17) is 5.73 Å². The summed E-state index contributed by atoms with van der Waals surface area (Å²) in [5, 5.41) is 3.01. The van der Waals surface area contributed by atoms with Crippen molar-refractivity contribution < 1.29 is 13.5 Å². The van der Waals surface area contributed by atoms with Gasteiger partial charge in [0.05, 0.1) is 6.54 Å². The molecule has 0 saturated heterocycles. The van der Waals surface area contributed by atoms with Crippen LogP contribution in [-0.2, 0) is 6.54 Å². The van der Waals surface area contributed by atoms with Gasteiger partial charge in [-0.3, -0.25) is 0 Å². The Morgan fingerprint density at radius 1 is 1.43 bits per heavy atom. The molecule has 0 aliphatic carbocycles. The average Bonchev–Trinajstić information content (AvgIpc) is 2.38. The van der Waals surface area contributed by atoms with Crippen molar-refractivity contribution in [3.05, 3.63) is 29.3 Å². The zero-order valence-electron chi connectivity index (χ0n) is 12.4. The Balaban J connectivity index is 0.00000400. The van der Waals surface area contributed by atoms with Crippen LogP contribution in [0.25, 0.3) is 0 Å². The minimum absolute atomic E-state index is 0. The van der Waals surface area contributed by atoms with Crippen molar-refractivity contribution >= 4 is 29.9 Å². The van der Waals surface area contributed by atoms with Crippen LogP contribution in [0.1, 0.15) is 31.4 Å². The summed E-state index contributed by atoms with van der Waals surface area (Å²) in [7, 11) is 0. The molecule has 1 atom stereocenters. The van der Waals surface area contributed by atoms with Crippen molar-refractivity contribution in [3.63, 3.8) is 0 Å². The molecular weight excluding hydrogens is 391 g/mol. The van der Waals surface area contributed by atoms with Crippen LogP contribution in [0.4, 0.5) is 8.78 Å². The molecular formula is C14H22F2IN3O. The zero-order chi connectivity index (χ0) is 15.1. The zero-order valence-corrected chi connectivity index (χ0v) is 14.7. The quantitative estimate of drug-likeness (QED) is 0.427. The fraction of sp³-hybridized carbons (Fsp3) is 0.500. The lowest BCUT2D eigenvalue weighted by Gasteiger charge is -2.13. The second-order valence-corrected chi connectivity index (χ2v) is 4.64. The lowest BCUT2D eigenvalue weighted by atomic mass is 10.1. The normalized spacial score (nSPS) is 12.8. The van der Waals surface area contributed by atoms with Crippen molar-refractivity contribution in [1.29, 1.82) is 0 Å². The van der Waals surface area contributed by atoms with Crippen molar-refractivity contribution in [2.75, 3.05) is 0 Å². The molecule has 1 aromatic carbocycles. The maximum Gasteiger partial charge on any atom is 0.387 e. The Morgan fingerprint density at radius 2 is 2.10 bits per heavy atom. The van der Waals surface area contributed by atoms with Crippen LogP contribution in [0.15, 0.2) is 23.2 Å². The minimum atomic E-state index is -2.85. The van der Waals surface area contributed by atoms with Crippen LogP contribution in [-0.4, -0.2) is 18.6 Å². The van der Waals surface area contributed by atoms with Crippen LogP contribution in [0, 0.1) is 6.92 Å². The smallest absolute Gasteiger partial charge is 0.387 e. The highest BCUT2D eigenvalue weighted by atomic mass is 127. The van der Waals surface area contributed by atoms with E-state index in [0.717, 1.165) is 12.0 Å². The van der Waals surface area contributed by atoms with Gasteiger partial charge >= 0.3 is 6.61 Å². The number of nitrogens with one attached hydrogen (secondary N) is 1. The maximum atomic E-state index is 12.3. The molecule has 0 heterocycles. The SMILES string of the molecule is CCC(C)NC(N)=NCc1cc(C)ccc1OC(F)F.I. The molecule has 0 amide bonds. The summed E-state index contributed by atoms with van der Waals surface area (Å²) < 4.78 is 29.1. The van der Waals surface area contributed by atoms with Crippen LogP contribution >= 0.6 is 24.0 Å². The molecule has 0 saturated carbocycles. The van der Waals surface area contributed by atoms with Gasteiger partial charge < -0.3 is 15.8 Å². The van der Waals surface area contributed by atoms with Crippen LogP contribution < -0.4 is 15.8 Å². The molecule has 120 valence electrons. The van der Waals surface area contributed by atoms with Crippen molar-refractivity contribution in [2.45, 2.75) is 46.4 Å². The molecule has 1 rings (SSSR count). The fourth-order valence-corrected chi connectivity index (χ4v) is 1.61. The van der Waals surface area contributed by atoms with Gasteiger partial charge in [0.1, 0.15) is 5.75 Å². The van der Waals surface area contributed by atoms with Gasteiger partial charge in [-0.25, -0.2) is 4.99 Å². The van der Waals surface area contributed by atoms with E-state index in [1.807, 2.05) is 20.8 Å². The third kappa shape index (κ3) is 7.45. The molecule has 7 heteroatoms. The summed E-state index contributed by atoms with van der Waals surface area (Å²) in [5.74, 6) is 0.426. The number of hydrogen-bond acceptors (Lipinski definition) is 2. The van der Waals surface area contributed by atoms with Gasteiger partial charge in [-0.2, -0.15) is 8.78 Å². The summed E-state index contributed by atoms with van der Waals surface area (Å²) >= 11 is 0. The number of nitrogens with zero attached hydrogens (tertiary/aromatic N) is 1. The molecule has 1 unspecified atom stereocenters. The van der Waals surface area contributed by atoms with E-state index >= 15 is 0 Å². The average molecular weight is 413 g/mol. The van der Waals surface area contributed by atoms with Crippen molar-refractivity contribution in [2.24, 2.45) is 10.7 Å². The predicted octanol–water partition coefficient (Wildman–Crippen LogP) is 3.42. The van der Waals surface area contributed by atoms with Gasteiger partial charge in [-0.15, -0.1) is 24.0 Å². The Morgan fingerprint density at radius 3 is 2.67 bits per heavy atom. The van der Waals surface area contributed by atoms with E-state index in [9.17, 15) is 8.78 Å². The third-order valence-corrected chi connectivity index (χ3v) is 2.86. The molecule has 0 spiro atoms. The molecule has 0 fully saturated rings. The van der Waals surface area contributed by atoms with Gasteiger partial charge in [0.2, 0.25) is 0 Å². The van der Waals surface area contributed by atoms with E-state index < -0.39 is 6.61 Å². The first-order valence-corrected chi connectivity index (χ1v) is 6.53. The fourth-order valence-electron chi connectivity index (χ4n) is 1.61. The van der Waals surface area contributed by atoms with Gasteiger partial charge in [-0.05, 0) is 26.3 Å². The molecule has 0 aliphatic rings. The van der Waals surface area contributed by atoms with Gasteiger partial charge in [0.25, 0.3) is 0 Å². The Labute approximate surface area is 141 Å². The minimum Gasteiger partial charge on any atom is -0.434 e. The summed E-state index contributed by atoms with van der Waals surface area (Å²) in [6.07, 6.45) is 0.917. The Hall–Kier alpha value is -1.12. The summed E-state index contributed by atoms with van der Waals surface area (Å²) in [6.45, 7) is 3.23. The number of halogens is 3. The molecule has 0 radical (unpaired) electrons. The summed E-state index contributed by atoms with van der Waals surface area (Å²) in [4.78, 5) is 4.15. The Bertz CT molecular complexity index is 470. The second kappa shape index (κ2) is 9.75. The predicted molar refractivity (Wildman–Crippen MR) is 91.4 cm³/mol. The molecule has 3 N–H and O–H groups in total. The number of benzene rings is 1. The number of alkyl halides is 2. The van der Waals surface area contributed by atoms with Crippen LogP contribution in [0.2, 0.25) is 0 Å². The van der Waals surface area contributed by atoms with E-state index in [1.54, 1.807) is 12.1 Å². The first-order chi connectivity index (χ1) is 9.42. The largest absolute Gasteiger partial charge is 0.434 e. The molecule has 0 aliphatic heterocycles. The lowest BCUT2D eigenvalue weighted by Crippen LogP contribution is -2.38. The molecule has 0 aromatic heterocycles. The molecule has 1 aromatic rings. The number of guanidine groups is 1. The van der Waals surface area contributed by atoms with Crippen molar-refractivity contribution in [1.82, 2.24) is 5.32 Å². The van der Waals surface area contributed by atoms with E-state index in [0.29, 0.717) is 11.5 Å². The summed E-state index contributed by atoms with van der Waals surface area (Å²) in [6, 6.07) is 5.21. The number of nitrogens with two attached hydrogens (primary N) is 1. The lowest BCUT2D eigenvalue weighted by molar-refractivity contribution is -0.0504. The van der Waals surface area contributed by atoms with Gasteiger partial charge in [0.15, 0.2) is 5.96 Å². The number of aryl methyl sites for hydroxylation is 1. The van der Waals surface area contributed by atoms with Gasteiger partial charge in [0, 0.05) is 11.6 Å². The van der Waals surface area contributed by atoms with E-state index in [2.05, 4.69) is 15.0 Å². The van der Waals surface area contributed by atoms with E-state index in [1.165, 1.54) is 6.07 Å². The van der Waals surface area contributed by atoms with Crippen molar-refractivity contribution in [3.8, 4) is 5.75 Å². The van der Waals surface area contributed by atoms with Gasteiger partial charge in [-0.1, -0.05) is 24.6 Å². The first kappa shape index (κ1) is 19.9. The third-order valence-electron chi connectivity index (χ3n) is 2.86. The molecule has 21 heavy (non-hydrogen) atoms. The van der Waals surface area contributed by atoms with Crippen LogP contribution in [0.3, 0.4) is 0 Å². The van der Waals surface area contributed by atoms with E-state index in [-0.39, 0.29) is 42.3 Å². The highest BCUT2D eigenvalue weighted by Crippen LogP contribution is 2.22. The highest BCUT2D eigenvalue weighted by molar-refractivity contribution is 14.0. The first-order valence-electron chi connectivity index (χ1n) is 6.53. The maximum absolute atomic E-state index is 12.3.